The molecule has 0 atom stereocenters. The summed E-state index contributed by atoms with van der Waals surface area (Å²) in [5.74, 6) is 1.32. The molecule has 100 valence electrons. The van der Waals surface area contributed by atoms with Crippen molar-refractivity contribution in [3.05, 3.63) is 53.2 Å². The molecule has 0 saturated heterocycles. The highest BCUT2D eigenvalue weighted by Gasteiger charge is 2.22. The van der Waals surface area contributed by atoms with Crippen LogP contribution in [0.25, 0.3) is 0 Å². The molecule has 0 fully saturated rings. The predicted octanol–water partition coefficient (Wildman–Crippen LogP) is 3.11. The molecule has 4 heteroatoms. The van der Waals surface area contributed by atoms with Gasteiger partial charge in [-0.15, -0.1) is 0 Å². The number of aromatic nitrogens is 1. The van der Waals surface area contributed by atoms with Gasteiger partial charge in [-0.2, -0.15) is 0 Å². The van der Waals surface area contributed by atoms with Crippen molar-refractivity contribution in [3.63, 3.8) is 0 Å². The van der Waals surface area contributed by atoms with E-state index >= 15 is 0 Å². The van der Waals surface area contributed by atoms with Crippen molar-refractivity contribution in [2.24, 2.45) is 4.99 Å². The first kappa shape index (κ1) is 12.5. The molecule has 3 rings (SSSR count). The van der Waals surface area contributed by atoms with Crippen LogP contribution in [-0.4, -0.2) is 23.6 Å². The van der Waals surface area contributed by atoms with E-state index in [1.165, 1.54) is 0 Å². The van der Waals surface area contributed by atoms with Gasteiger partial charge in [-0.1, -0.05) is 12.1 Å². The molecule has 1 aliphatic rings. The highest BCUT2D eigenvalue weighted by Crippen LogP contribution is 2.27. The van der Waals surface area contributed by atoms with Gasteiger partial charge in [0.2, 0.25) is 0 Å². The molecule has 1 aromatic heterocycles. The van der Waals surface area contributed by atoms with Crippen molar-refractivity contribution >= 4 is 17.3 Å². The average Bonchev–Trinajstić information content (AvgIpc) is 2.46. The number of ketones is 1. The van der Waals surface area contributed by atoms with Crippen molar-refractivity contribution in [1.29, 1.82) is 0 Å². The predicted molar refractivity (Wildman–Crippen MR) is 77.1 cm³/mol. The highest BCUT2D eigenvalue weighted by molar-refractivity contribution is 6.20. The number of aliphatic imine (C=N–C) groups is 1. The Hall–Kier alpha value is -2.49. The Morgan fingerprint density at radius 2 is 2.05 bits per heavy atom. The second-order valence-corrected chi connectivity index (χ2v) is 4.71. The van der Waals surface area contributed by atoms with Gasteiger partial charge < -0.3 is 4.74 Å². The highest BCUT2D eigenvalue weighted by atomic mass is 16.5. The number of carbonyl (C=O) groups is 1. The molecule has 0 amide bonds. The Bertz CT molecular complexity index is 720. The number of rotatable bonds is 2. The first-order chi connectivity index (χ1) is 9.67. The van der Waals surface area contributed by atoms with Crippen LogP contribution in [-0.2, 0) is 0 Å². The van der Waals surface area contributed by atoms with Crippen LogP contribution in [0.15, 0.2) is 41.4 Å². The maximum Gasteiger partial charge on any atom is 0.172 e. The van der Waals surface area contributed by atoms with Gasteiger partial charge in [0, 0.05) is 11.3 Å². The molecule has 0 N–H and O–H groups in total. The lowest BCUT2D eigenvalue weighted by Crippen LogP contribution is -2.15. The van der Waals surface area contributed by atoms with E-state index in [0.29, 0.717) is 17.8 Å². The van der Waals surface area contributed by atoms with Crippen LogP contribution in [0.5, 0.6) is 5.75 Å². The normalized spacial score (nSPS) is 13.7. The minimum atomic E-state index is 0.0559. The number of benzene rings is 1. The van der Waals surface area contributed by atoms with Gasteiger partial charge in [-0.25, -0.2) is 9.98 Å². The molecule has 2 aromatic rings. The van der Waals surface area contributed by atoms with Gasteiger partial charge in [0.15, 0.2) is 11.6 Å². The maximum absolute atomic E-state index is 12.2. The Kier molecular flexibility index (Phi) is 3.06. The largest absolute Gasteiger partial charge is 0.497 e. The fraction of sp³-hybridized carbons (Fsp3) is 0.188. The SMILES string of the molecule is COc1cccc(C2=Nc3nc(C)ccc3C(=O)C2)c1. The first-order valence-corrected chi connectivity index (χ1v) is 6.40. The number of pyridine rings is 1. The Labute approximate surface area is 117 Å². The Morgan fingerprint density at radius 1 is 1.20 bits per heavy atom. The summed E-state index contributed by atoms with van der Waals surface area (Å²) in [6.07, 6.45) is 0.297. The summed E-state index contributed by atoms with van der Waals surface area (Å²) in [7, 11) is 1.62. The van der Waals surface area contributed by atoms with E-state index in [2.05, 4.69) is 9.98 Å². The minimum absolute atomic E-state index is 0.0559. The number of hydrogen-bond acceptors (Lipinski definition) is 4. The summed E-state index contributed by atoms with van der Waals surface area (Å²) in [5.41, 5.74) is 3.08. The average molecular weight is 266 g/mol. The van der Waals surface area contributed by atoms with Crippen LogP contribution in [0.1, 0.15) is 28.0 Å². The fourth-order valence-electron chi connectivity index (χ4n) is 2.23. The monoisotopic (exact) mass is 266 g/mol. The zero-order valence-corrected chi connectivity index (χ0v) is 11.4. The number of fused-ring (bicyclic) bond motifs is 1. The van der Waals surface area contributed by atoms with Crippen LogP contribution < -0.4 is 4.74 Å². The maximum atomic E-state index is 12.2. The van der Waals surface area contributed by atoms with E-state index in [9.17, 15) is 4.79 Å². The second kappa shape index (κ2) is 4.89. The third-order valence-corrected chi connectivity index (χ3v) is 3.29. The summed E-state index contributed by atoms with van der Waals surface area (Å²) < 4.78 is 5.21. The number of ether oxygens (including phenoxy) is 1. The van der Waals surface area contributed by atoms with Crippen molar-refractivity contribution in [2.75, 3.05) is 7.11 Å². The number of nitrogens with zero attached hydrogens (tertiary/aromatic N) is 2. The molecular weight excluding hydrogens is 252 g/mol. The van der Waals surface area contributed by atoms with Crippen molar-refractivity contribution in [1.82, 2.24) is 4.98 Å². The zero-order valence-electron chi connectivity index (χ0n) is 11.4. The molecular formula is C16H14N2O2. The third kappa shape index (κ3) is 2.20. The van der Waals surface area contributed by atoms with Gasteiger partial charge in [-0.05, 0) is 31.2 Å². The fourth-order valence-corrected chi connectivity index (χ4v) is 2.23. The van der Waals surface area contributed by atoms with Crippen LogP contribution >= 0.6 is 0 Å². The second-order valence-electron chi connectivity index (χ2n) is 4.71. The molecule has 0 aliphatic carbocycles. The van der Waals surface area contributed by atoms with Gasteiger partial charge in [0.1, 0.15) is 5.75 Å². The smallest absolute Gasteiger partial charge is 0.172 e. The number of carbonyl (C=O) groups excluding carboxylic acids is 1. The van der Waals surface area contributed by atoms with Gasteiger partial charge >= 0.3 is 0 Å². The molecule has 4 nitrogen and oxygen atoms in total. The molecule has 2 heterocycles. The topological polar surface area (TPSA) is 51.6 Å². The number of aryl methyl sites for hydroxylation is 1. The molecule has 1 aliphatic heterocycles. The third-order valence-electron chi connectivity index (χ3n) is 3.29. The molecule has 0 saturated carbocycles. The Balaban J connectivity index is 2.09. The van der Waals surface area contributed by atoms with Gasteiger partial charge in [-0.3, -0.25) is 4.79 Å². The van der Waals surface area contributed by atoms with E-state index in [1.807, 2.05) is 37.3 Å². The van der Waals surface area contributed by atoms with Crippen LogP contribution in [0.4, 0.5) is 5.82 Å². The summed E-state index contributed by atoms with van der Waals surface area (Å²) in [6.45, 7) is 1.89. The van der Waals surface area contributed by atoms with E-state index in [4.69, 9.17) is 4.74 Å². The molecule has 0 bridgehead atoms. The number of Topliss-reactive ketones (excluding diaryl/α,β-unsaturated/α-hetero) is 1. The number of hydrogen-bond donors (Lipinski definition) is 0. The van der Waals surface area contributed by atoms with Crippen LogP contribution in [0, 0.1) is 6.92 Å². The van der Waals surface area contributed by atoms with Crippen LogP contribution in [0.2, 0.25) is 0 Å². The zero-order chi connectivity index (χ0) is 14.1. The first-order valence-electron chi connectivity index (χ1n) is 6.40. The van der Waals surface area contributed by atoms with E-state index < -0.39 is 0 Å². The standard InChI is InChI=1S/C16H14N2O2/c1-10-6-7-13-15(19)9-14(18-16(13)17-10)11-4-3-5-12(8-11)20-2/h3-8H,9H2,1-2H3. The lowest BCUT2D eigenvalue weighted by atomic mass is 9.98. The van der Waals surface area contributed by atoms with Crippen LogP contribution in [0.3, 0.4) is 0 Å². The molecule has 20 heavy (non-hydrogen) atoms. The summed E-state index contributed by atoms with van der Waals surface area (Å²) in [5, 5.41) is 0. The van der Waals surface area contributed by atoms with Crippen molar-refractivity contribution in [3.8, 4) is 5.75 Å². The lowest BCUT2D eigenvalue weighted by Gasteiger charge is -2.14. The summed E-state index contributed by atoms with van der Waals surface area (Å²) in [4.78, 5) is 21.1. The lowest BCUT2D eigenvalue weighted by molar-refractivity contribution is 0.0999. The quantitative estimate of drug-likeness (QED) is 0.839. The molecule has 0 spiro atoms. The molecule has 1 aromatic carbocycles. The number of methoxy groups -OCH3 is 1. The molecule has 0 radical (unpaired) electrons. The van der Waals surface area contributed by atoms with Crippen molar-refractivity contribution in [2.45, 2.75) is 13.3 Å². The van der Waals surface area contributed by atoms with E-state index in [1.54, 1.807) is 13.2 Å². The van der Waals surface area contributed by atoms with Gasteiger partial charge in [0.05, 0.1) is 24.8 Å². The van der Waals surface area contributed by atoms with E-state index in [-0.39, 0.29) is 5.78 Å². The summed E-state index contributed by atoms with van der Waals surface area (Å²) in [6, 6.07) is 11.2. The minimum Gasteiger partial charge on any atom is -0.497 e. The summed E-state index contributed by atoms with van der Waals surface area (Å²) >= 11 is 0. The molecule has 0 unspecified atom stereocenters. The van der Waals surface area contributed by atoms with E-state index in [0.717, 1.165) is 22.7 Å². The Morgan fingerprint density at radius 3 is 2.85 bits per heavy atom. The van der Waals surface area contributed by atoms with Crippen molar-refractivity contribution < 1.29 is 9.53 Å². The van der Waals surface area contributed by atoms with Gasteiger partial charge in [0.25, 0.3) is 0 Å².